The van der Waals surface area contributed by atoms with Gasteiger partial charge in [-0.25, -0.2) is 0 Å². The van der Waals surface area contributed by atoms with E-state index in [4.69, 9.17) is 0 Å². The van der Waals surface area contributed by atoms with Gasteiger partial charge in [-0.15, -0.1) is 11.3 Å². The fourth-order valence-electron chi connectivity index (χ4n) is 2.17. The van der Waals surface area contributed by atoms with E-state index in [1.807, 2.05) is 32.0 Å². The number of pyridine rings is 1. The third-order valence-corrected chi connectivity index (χ3v) is 4.54. The summed E-state index contributed by atoms with van der Waals surface area (Å²) in [6, 6.07) is 4.00. The van der Waals surface area contributed by atoms with Gasteiger partial charge in [0.25, 0.3) is 5.91 Å². The Morgan fingerprint density at radius 3 is 2.59 bits per heavy atom. The predicted molar refractivity (Wildman–Crippen MR) is 91.3 cm³/mol. The molecule has 2 aromatic rings. The van der Waals surface area contributed by atoms with Crippen LogP contribution in [0.1, 0.15) is 26.4 Å². The lowest BCUT2D eigenvalue weighted by atomic mass is 10.2. The molecule has 22 heavy (non-hydrogen) atoms. The normalized spacial score (nSPS) is 11.0. The summed E-state index contributed by atoms with van der Waals surface area (Å²) < 4.78 is 0. The van der Waals surface area contributed by atoms with Crippen LogP contribution in [0, 0.1) is 13.8 Å². The quantitative estimate of drug-likeness (QED) is 0.822. The molecule has 2 aromatic heterocycles. The van der Waals surface area contributed by atoms with E-state index in [0.29, 0.717) is 18.7 Å². The lowest BCUT2D eigenvalue weighted by Crippen LogP contribution is -2.36. The third-order valence-electron chi connectivity index (χ3n) is 3.53. The van der Waals surface area contributed by atoms with Gasteiger partial charge in [-0.05, 0) is 56.6 Å². The molecule has 0 saturated heterocycles. The van der Waals surface area contributed by atoms with Gasteiger partial charge in [0.1, 0.15) is 0 Å². The molecule has 0 N–H and O–H groups in total. The van der Waals surface area contributed by atoms with Gasteiger partial charge in [-0.3, -0.25) is 9.78 Å². The monoisotopic (exact) mass is 317 g/mol. The van der Waals surface area contributed by atoms with E-state index in [9.17, 15) is 4.79 Å². The molecule has 1 amide bonds. The summed E-state index contributed by atoms with van der Waals surface area (Å²) in [6.07, 6.45) is 3.42. The molecule has 5 heteroatoms. The molecule has 0 fully saturated rings. The van der Waals surface area contributed by atoms with E-state index < -0.39 is 0 Å². The summed E-state index contributed by atoms with van der Waals surface area (Å²) in [6.45, 7) is 6.25. The summed E-state index contributed by atoms with van der Waals surface area (Å²) in [5.41, 5.74) is 2.91. The van der Waals surface area contributed by atoms with Crippen LogP contribution in [0.25, 0.3) is 0 Å². The average molecular weight is 317 g/mol. The van der Waals surface area contributed by atoms with Crippen molar-refractivity contribution in [2.75, 3.05) is 27.2 Å². The molecule has 0 bridgehead atoms. The summed E-state index contributed by atoms with van der Waals surface area (Å²) in [5.74, 6) is 0.0471. The van der Waals surface area contributed by atoms with E-state index >= 15 is 0 Å². The van der Waals surface area contributed by atoms with Gasteiger partial charge in [0.2, 0.25) is 0 Å². The zero-order valence-corrected chi connectivity index (χ0v) is 14.5. The number of hydrogen-bond acceptors (Lipinski definition) is 4. The summed E-state index contributed by atoms with van der Waals surface area (Å²) in [7, 11) is 4.04. The van der Waals surface area contributed by atoms with Crippen LogP contribution in [-0.2, 0) is 6.54 Å². The topological polar surface area (TPSA) is 36.4 Å². The van der Waals surface area contributed by atoms with Crippen molar-refractivity contribution < 1.29 is 4.79 Å². The number of likely N-dealkylation sites (N-methyl/N-ethyl adjacent to an activating group) is 1. The van der Waals surface area contributed by atoms with Crippen LogP contribution in [0.5, 0.6) is 0 Å². The maximum atomic E-state index is 12.8. The number of thiophene rings is 1. The first-order valence-corrected chi connectivity index (χ1v) is 8.24. The first-order chi connectivity index (χ1) is 10.5. The van der Waals surface area contributed by atoms with Gasteiger partial charge in [0.15, 0.2) is 0 Å². The van der Waals surface area contributed by atoms with Gasteiger partial charge in [-0.1, -0.05) is 0 Å². The Morgan fingerprint density at radius 2 is 2.00 bits per heavy atom. The van der Waals surface area contributed by atoms with Crippen molar-refractivity contribution >= 4 is 17.2 Å². The Morgan fingerprint density at radius 1 is 1.23 bits per heavy atom. The van der Waals surface area contributed by atoms with Crippen molar-refractivity contribution in [1.29, 1.82) is 0 Å². The van der Waals surface area contributed by atoms with Gasteiger partial charge < -0.3 is 9.80 Å². The largest absolute Gasteiger partial charge is 0.332 e. The van der Waals surface area contributed by atoms with Crippen LogP contribution in [0.15, 0.2) is 29.9 Å². The molecule has 0 aliphatic rings. The van der Waals surface area contributed by atoms with E-state index in [1.54, 1.807) is 23.7 Å². The Hall–Kier alpha value is -1.72. The lowest BCUT2D eigenvalue weighted by molar-refractivity contribution is 0.0733. The zero-order valence-electron chi connectivity index (χ0n) is 13.7. The molecule has 2 heterocycles. The van der Waals surface area contributed by atoms with Crippen LogP contribution in [0.2, 0.25) is 0 Å². The fraction of sp³-hybridized carbons (Fsp3) is 0.412. The molecule has 0 atom stereocenters. The Balaban J connectivity index is 2.19. The highest BCUT2D eigenvalue weighted by Crippen LogP contribution is 2.19. The molecule has 0 aromatic carbocycles. The second kappa shape index (κ2) is 7.51. The lowest BCUT2D eigenvalue weighted by Gasteiger charge is -2.24. The van der Waals surface area contributed by atoms with Crippen molar-refractivity contribution in [3.05, 3.63) is 51.5 Å². The molecule has 0 spiro atoms. The number of hydrogen-bond donors (Lipinski definition) is 0. The van der Waals surface area contributed by atoms with E-state index in [-0.39, 0.29) is 5.91 Å². The number of amides is 1. The number of aryl methyl sites for hydroxylation is 2. The minimum Gasteiger partial charge on any atom is -0.332 e. The number of rotatable bonds is 6. The molecule has 0 aliphatic carbocycles. The molecule has 0 saturated carbocycles. The minimum atomic E-state index is 0.0471. The van der Waals surface area contributed by atoms with Crippen LogP contribution in [0.4, 0.5) is 0 Å². The van der Waals surface area contributed by atoms with Crippen LogP contribution < -0.4 is 0 Å². The SMILES string of the molecule is Cc1cncc(C(=O)N(CCN(C)C)Cc2sccc2C)c1. The predicted octanol–water partition coefficient (Wildman–Crippen LogP) is 2.96. The number of carbonyl (C=O) groups is 1. The molecule has 0 radical (unpaired) electrons. The Bertz CT molecular complexity index is 636. The highest BCUT2D eigenvalue weighted by molar-refractivity contribution is 7.10. The summed E-state index contributed by atoms with van der Waals surface area (Å²) >= 11 is 1.70. The van der Waals surface area contributed by atoms with Crippen molar-refractivity contribution in [1.82, 2.24) is 14.8 Å². The Kier molecular flexibility index (Phi) is 5.69. The number of nitrogens with zero attached hydrogens (tertiary/aromatic N) is 3. The van der Waals surface area contributed by atoms with Crippen molar-refractivity contribution in [3.8, 4) is 0 Å². The Labute approximate surface area is 136 Å². The zero-order chi connectivity index (χ0) is 16.1. The molecular formula is C17H23N3OS. The van der Waals surface area contributed by atoms with Gasteiger partial charge in [0, 0.05) is 30.4 Å². The standard InChI is InChI=1S/C17H23N3OS/c1-13-9-15(11-18-10-13)17(21)20(7-6-19(3)4)12-16-14(2)5-8-22-16/h5,8-11H,6-7,12H2,1-4H3. The van der Waals surface area contributed by atoms with Crippen molar-refractivity contribution in [2.45, 2.75) is 20.4 Å². The molecule has 0 aliphatic heterocycles. The van der Waals surface area contributed by atoms with E-state index in [0.717, 1.165) is 12.1 Å². The molecule has 2 rings (SSSR count). The molecule has 4 nitrogen and oxygen atoms in total. The average Bonchev–Trinajstić information content (AvgIpc) is 2.87. The van der Waals surface area contributed by atoms with Crippen molar-refractivity contribution in [3.63, 3.8) is 0 Å². The summed E-state index contributed by atoms with van der Waals surface area (Å²) in [5, 5.41) is 2.08. The fourth-order valence-corrected chi connectivity index (χ4v) is 3.09. The number of aromatic nitrogens is 1. The van der Waals surface area contributed by atoms with Crippen LogP contribution in [-0.4, -0.2) is 47.9 Å². The van der Waals surface area contributed by atoms with Crippen molar-refractivity contribution in [2.24, 2.45) is 0 Å². The number of carbonyl (C=O) groups excluding carboxylic acids is 1. The van der Waals surface area contributed by atoms with E-state index in [2.05, 4.69) is 28.3 Å². The van der Waals surface area contributed by atoms with Crippen LogP contribution in [0.3, 0.4) is 0 Å². The highest BCUT2D eigenvalue weighted by atomic mass is 32.1. The maximum Gasteiger partial charge on any atom is 0.255 e. The van der Waals surface area contributed by atoms with Crippen LogP contribution >= 0.6 is 11.3 Å². The third kappa shape index (κ3) is 4.39. The van der Waals surface area contributed by atoms with E-state index in [1.165, 1.54) is 10.4 Å². The first kappa shape index (κ1) is 16.6. The summed E-state index contributed by atoms with van der Waals surface area (Å²) in [4.78, 5) is 22.2. The highest BCUT2D eigenvalue weighted by Gasteiger charge is 2.18. The van der Waals surface area contributed by atoms with Gasteiger partial charge in [0.05, 0.1) is 12.1 Å². The molecule has 0 unspecified atom stereocenters. The maximum absolute atomic E-state index is 12.8. The molecular weight excluding hydrogens is 294 g/mol. The first-order valence-electron chi connectivity index (χ1n) is 7.36. The second-order valence-electron chi connectivity index (χ2n) is 5.81. The minimum absolute atomic E-state index is 0.0471. The smallest absolute Gasteiger partial charge is 0.255 e. The van der Waals surface area contributed by atoms with Gasteiger partial charge in [-0.2, -0.15) is 0 Å². The van der Waals surface area contributed by atoms with Gasteiger partial charge >= 0.3 is 0 Å². The second-order valence-corrected chi connectivity index (χ2v) is 6.81. The molecule has 118 valence electrons.